The molecule has 0 fully saturated rings. The summed E-state index contributed by atoms with van der Waals surface area (Å²) in [7, 11) is 1.46. The average Bonchev–Trinajstić information content (AvgIpc) is 2.46. The number of amides is 1. The van der Waals surface area contributed by atoms with Gasteiger partial charge in [0.1, 0.15) is 11.3 Å². The number of carbonyl (C=O) groups excluding carboxylic acids is 1. The molecule has 0 heterocycles. The zero-order valence-electron chi connectivity index (χ0n) is 11.3. The van der Waals surface area contributed by atoms with E-state index in [1.165, 1.54) is 12.0 Å². The van der Waals surface area contributed by atoms with Gasteiger partial charge in [0.2, 0.25) is 0 Å². The Morgan fingerprint density at radius 3 is 2.40 bits per heavy atom. The lowest BCUT2D eigenvalue weighted by atomic mass is 10.1. The molecular formula is C14H16N4O2. The highest BCUT2D eigenvalue weighted by molar-refractivity contribution is 6.01. The molecule has 0 bridgehead atoms. The van der Waals surface area contributed by atoms with Gasteiger partial charge in [-0.1, -0.05) is 6.07 Å². The maximum absolute atomic E-state index is 12.5. The van der Waals surface area contributed by atoms with Crippen molar-refractivity contribution in [3.8, 4) is 17.9 Å². The minimum Gasteiger partial charge on any atom is -0.496 e. The Labute approximate surface area is 118 Å². The number of hydrogen-bond donors (Lipinski definition) is 1. The maximum atomic E-state index is 12.5. The van der Waals surface area contributed by atoms with Crippen molar-refractivity contribution in [2.75, 3.05) is 25.9 Å². The Balaban J connectivity index is 3.05. The van der Waals surface area contributed by atoms with Crippen molar-refractivity contribution in [1.82, 2.24) is 4.90 Å². The van der Waals surface area contributed by atoms with Gasteiger partial charge < -0.3 is 15.4 Å². The Hall–Kier alpha value is -2.73. The second-order valence-corrected chi connectivity index (χ2v) is 4.03. The fraction of sp³-hybridized carbons (Fsp3) is 0.357. The maximum Gasteiger partial charge on any atom is 0.259 e. The highest BCUT2D eigenvalue weighted by atomic mass is 16.5. The molecule has 1 amide bonds. The Kier molecular flexibility index (Phi) is 5.86. The first-order valence-electron chi connectivity index (χ1n) is 6.11. The van der Waals surface area contributed by atoms with Gasteiger partial charge in [0, 0.05) is 18.8 Å². The van der Waals surface area contributed by atoms with E-state index >= 15 is 0 Å². The van der Waals surface area contributed by atoms with Crippen LogP contribution in [0.1, 0.15) is 23.2 Å². The SMILES string of the molecule is COc1cccc(N)c1C(=O)N(CCC#N)CCC#N. The molecule has 2 N–H and O–H groups in total. The van der Waals surface area contributed by atoms with E-state index in [4.69, 9.17) is 21.0 Å². The topological polar surface area (TPSA) is 103 Å². The quantitative estimate of drug-likeness (QED) is 0.791. The van der Waals surface area contributed by atoms with Gasteiger partial charge in [0.25, 0.3) is 5.91 Å². The van der Waals surface area contributed by atoms with Crippen molar-refractivity contribution in [2.45, 2.75) is 12.8 Å². The molecule has 0 saturated heterocycles. The smallest absolute Gasteiger partial charge is 0.259 e. The van der Waals surface area contributed by atoms with Crippen molar-refractivity contribution >= 4 is 11.6 Å². The number of nitriles is 2. The number of rotatable bonds is 6. The Morgan fingerprint density at radius 1 is 1.30 bits per heavy atom. The van der Waals surface area contributed by atoms with Crippen molar-refractivity contribution in [3.63, 3.8) is 0 Å². The predicted molar refractivity (Wildman–Crippen MR) is 73.8 cm³/mol. The molecule has 0 unspecified atom stereocenters. The molecular weight excluding hydrogens is 256 g/mol. The number of methoxy groups -OCH3 is 1. The number of ether oxygens (including phenoxy) is 1. The molecule has 0 spiro atoms. The number of nitrogen functional groups attached to an aromatic ring is 1. The van der Waals surface area contributed by atoms with Gasteiger partial charge in [0.15, 0.2) is 0 Å². The highest BCUT2D eigenvalue weighted by Gasteiger charge is 2.21. The lowest BCUT2D eigenvalue weighted by Crippen LogP contribution is -2.33. The van der Waals surface area contributed by atoms with Crippen LogP contribution in [0.2, 0.25) is 0 Å². The molecule has 0 atom stereocenters. The molecule has 20 heavy (non-hydrogen) atoms. The fourth-order valence-corrected chi connectivity index (χ4v) is 1.79. The summed E-state index contributed by atoms with van der Waals surface area (Å²) in [6, 6.07) is 8.93. The molecule has 0 radical (unpaired) electrons. The van der Waals surface area contributed by atoms with Crippen LogP contribution in [0.5, 0.6) is 5.75 Å². The van der Waals surface area contributed by atoms with Crippen LogP contribution in [0.15, 0.2) is 18.2 Å². The fourth-order valence-electron chi connectivity index (χ4n) is 1.79. The van der Waals surface area contributed by atoms with E-state index in [2.05, 4.69) is 0 Å². The Bertz CT molecular complexity index is 539. The van der Waals surface area contributed by atoms with Crippen LogP contribution in [0.25, 0.3) is 0 Å². The van der Waals surface area contributed by atoms with Gasteiger partial charge in [0.05, 0.1) is 32.1 Å². The summed E-state index contributed by atoms with van der Waals surface area (Å²) in [6.45, 7) is 0.517. The third kappa shape index (κ3) is 3.63. The lowest BCUT2D eigenvalue weighted by molar-refractivity contribution is 0.0760. The van der Waals surface area contributed by atoms with Gasteiger partial charge in [-0.3, -0.25) is 4.79 Å². The first kappa shape index (κ1) is 15.3. The molecule has 6 nitrogen and oxygen atoms in total. The molecule has 0 aliphatic rings. The summed E-state index contributed by atoms with van der Waals surface area (Å²) in [6.07, 6.45) is 0.401. The molecule has 6 heteroatoms. The van der Waals surface area contributed by atoms with Crippen molar-refractivity contribution in [1.29, 1.82) is 10.5 Å². The van der Waals surface area contributed by atoms with Gasteiger partial charge in [-0.2, -0.15) is 10.5 Å². The molecule has 0 aromatic heterocycles. The van der Waals surface area contributed by atoms with Gasteiger partial charge in [-0.15, -0.1) is 0 Å². The third-order valence-corrected chi connectivity index (χ3v) is 2.77. The largest absolute Gasteiger partial charge is 0.496 e. The normalized spacial score (nSPS) is 9.35. The minimum absolute atomic E-state index is 0.201. The summed E-state index contributed by atoms with van der Waals surface area (Å²) in [5.41, 5.74) is 6.42. The summed E-state index contributed by atoms with van der Waals surface area (Å²) < 4.78 is 5.15. The summed E-state index contributed by atoms with van der Waals surface area (Å²) >= 11 is 0. The zero-order chi connectivity index (χ0) is 15.0. The molecule has 0 aliphatic heterocycles. The van der Waals surface area contributed by atoms with Crippen LogP contribution in [0.4, 0.5) is 5.69 Å². The van der Waals surface area contributed by atoms with Gasteiger partial charge in [-0.25, -0.2) is 0 Å². The van der Waals surface area contributed by atoms with Crippen molar-refractivity contribution in [3.05, 3.63) is 23.8 Å². The van der Waals surface area contributed by atoms with Crippen LogP contribution < -0.4 is 10.5 Å². The van der Waals surface area contributed by atoms with E-state index in [1.54, 1.807) is 18.2 Å². The van der Waals surface area contributed by atoms with Gasteiger partial charge in [-0.05, 0) is 12.1 Å². The van der Waals surface area contributed by atoms with Crippen LogP contribution in [0, 0.1) is 22.7 Å². The van der Waals surface area contributed by atoms with E-state index < -0.39 is 0 Å². The van der Waals surface area contributed by atoms with Crippen LogP contribution in [-0.2, 0) is 0 Å². The monoisotopic (exact) mass is 272 g/mol. The third-order valence-electron chi connectivity index (χ3n) is 2.77. The Morgan fingerprint density at radius 2 is 1.90 bits per heavy atom. The summed E-state index contributed by atoms with van der Waals surface area (Å²) in [5.74, 6) is 0.0550. The summed E-state index contributed by atoms with van der Waals surface area (Å²) in [4.78, 5) is 13.9. The van der Waals surface area contributed by atoms with Crippen LogP contribution >= 0.6 is 0 Å². The zero-order valence-corrected chi connectivity index (χ0v) is 11.3. The molecule has 104 valence electrons. The number of nitrogens with zero attached hydrogens (tertiary/aromatic N) is 3. The minimum atomic E-state index is -0.328. The first-order valence-corrected chi connectivity index (χ1v) is 6.11. The second-order valence-electron chi connectivity index (χ2n) is 4.03. The van der Waals surface area contributed by atoms with E-state index in [9.17, 15) is 4.79 Å². The van der Waals surface area contributed by atoms with E-state index in [0.717, 1.165) is 0 Å². The molecule has 1 rings (SSSR count). The van der Waals surface area contributed by atoms with E-state index in [1.807, 2.05) is 12.1 Å². The highest BCUT2D eigenvalue weighted by Crippen LogP contribution is 2.25. The van der Waals surface area contributed by atoms with Crippen LogP contribution in [-0.4, -0.2) is 31.0 Å². The van der Waals surface area contributed by atoms with E-state index in [-0.39, 0.29) is 37.4 Å². The van der Waals surface area contributed by atoms with Crippen LogP contribution in [0.3, 0.4) is 0 Å². The average molecular weight is 272 g/mol. The standard InChI is InChI=1S/C14H16N4O2/c1-20-12-6-2-5-11(17)13(12)14(19)18(9-3-7-15)10-4-8-16/h2,5-6H,3-4,9-10,17H2,1H3. The number of carbonyl (C=O) groups is 1. The van der Waals surface area contributed by atoms with Crippen molar-refractivity contribution < 1.29 is 9.53 Å². The lowest BCUT2D eigenvalue weighted by Gasteiger charge is -2.22. The van der Waals surface area contributed by atoms with Crippen molar-refractivity contribution in [2.24, 2.45) is 0 Å². The number of benzene rings is 1. The number of hydrogen-bond acceptors (Lipinski definition) is 5. The van der Waals surface area contributed by atoms with E-state index in [0.29, 0.717) is 11.4 Å². The molecule has 1 aromatic carbocycles. The first-order chi connectivity index (χ1) is 9.65. The number of anilines is 1. The second kappa shape index (κ2) is 7.65. The molecule has 0 saturated carbocycles. The van der Waals surface area contributed by atoms with Gasteiger partial charge >= 0.3 is 0 Å². The predicted octanol–water partition coefficient (Wildman–Crippen LogP) is 1.55. The molecule has 1 aromatic rings. The summed E-state index contributed by atoms with van der Waals surface area (Å²) in [5, 5.41) is 17.3. The molecule has 0 aliphatic carbocycles. The number of nitrogens with two attached hydrogens (primary N) is 1.